The molecule has 1 saturated heterocycles. The molecular formula is C22H20N6O3. The lowest BCUT2D eigenvalue weighted by Gasteiger charge is -2.16. The van der Waals surface area contributed by atoms with Gasteiger partial charge in [-0.3, -0.25) is 4.79 Å². The summed E-state index contributed by atoms with van der Waals surface area (Å²) in [6, 6.07) is 12.9. The van der Waals surface area contributed by atoms with E-state index in [9.17, 15) is 9.90 Å². The van der Waals surface area contributed by atoms with Crippen molar-refractivity contribution in [2.45, 2.75) is 18.9 Å². The second-order valence-electron chi connectivity index (χ2n) is 7.71. The van der Waals surface area contributed by atoms with Crippen molar-refractivity contribution < 1.29 is 14.4 Å². The standard InChI is InChI=1S/C22H20N6O3/c1-12-24-16-7-6-15(26-19(16)20(23)25-12)13-4-3-5-14(10-13)17-11-18(27-31-17)22(30)8-9-28(2)21(22)29/h3-7,10-11,30H,8-9H2,1-2H3,(H2,23,24,25)/t22-/m1/s1. The van der Waals surface area contributed by atoms with Crippen LogP contribution in [-0.4, -0.2) is 49.6 Å². The zero-order chi connectivity index (χ0) is 21.8. The minimum absolute atomic E-state index is 0.214. The zero-order valence-electron chi connectivity index (χ0n) is 17.0. The SMILES string of the molecule is Cc1nc(N)c2nc(-c3cccc(-c4cc([C@]5(O)CCN(C)C5=O)no4)c3)ccc2n1. The fourth-order valence-electron chi connectivity index (χ4n) is 3.85. The van der Waals surface area contributed by atoms with E-state index in [1.165, 1.54) is 4.90 Å². The van der Waals surface area contributed by atoms with Crippen molar-refractivity contribution in [1.29, 1.82) is 0 Å². The van der Waals surface area contributed by atoms with Crippen LogP contribution in [0.15, 0.2) is 47.0 Å². The second-order valence-corrected chi connectivity index (χ2v) is 7.71. The first kappa shape index (κ1) is 19.1. The van der Waals surface area contributed by atoms with Crippen LogP contribution in [0.25, 0.3) is 33.6 Å². The number of aromatic nitrogens is 4. The van der Waals surface area contributed by atoms with Gasteiger partial charge in [-0.15, -0.1) is 0 Å². The molecule has 5 rings (SSSR count). The molecule has 0 aliphatic carbocycles. The number of anilines is 1. The third kappa shape index (κ3) is 3.10. The minimum atomic E-state index is -1.65. The molecule has 9 nitrogen and oxygen atoms in total. The molecule has 1 fully saturated rings. The van der Waals surface area contributed by atoms with Gasteiger partial charge in [-0.05, 0) is 25.1 Å². The summed E-state index contributed by atoms with van der Waals surface area (Å²) in [5, 5.41) is 14.8. The highest BCUT2D eigenvalue weighted by atomic mass is 16.5. The number of pyridine rings is 1. The maximum absolute atomic E-state index is 12.3. The van der Waals surface area contributed by atoms with Gasteiger partial charge < -0.3 is 20.3 Å². The molecule has 0 bridgehead atoms. The van der Waals surface area contributed by atoms with Gasteiger partial charge in [-0.1, -0.05) is 23.4 Å². The van der Waals surface area contributed by atoms with E-state index in [0.29, 0.717) is 40.7 Å². The molecule has 1 aliphatic rings. The lowest BCUT2D eigenvalue weighted by Crippen LogP contribution is -2.36. The highest BCUT2D eigenvalue weighted by Gasteiger charge is 2.47. The fraction of sp³-hybridized carbons (Fsp3) is 0.227. The van der Waals surface area contributed by atoms with Crippen LogP contribution in [0.4, 0.5) is 5.82 Å². The number of nitrogens with zero attached hydrogens (tertiary/aromatic N) is 5. The van der Waals surface area contributed by atoms with Gasteiger partial charge in [-0.25, -0.2) is 15.0 Å². The average molecular weight is 416 g/mol. The van der Waals surface area contributed by atoms with Crippen LogP contribution in [0.5, 0.6) is 0 Å². The quantitative estimate of drug-likeness (QED) is 0.520. The topological polar surface area (TPSA) is 131 Å². The average Bonchev–Trinajstić information content (AvgIpc) is 3.36. The number of nitrogens with two attached hydrogens (primary N) is 1. The molecule has 1 aliphatic heterocycles. The molecule has 0 saturated carbocycles. The summed E-state index contributed by atoms with van der Waals surface area (Å²) in [4.78, 5) is 27.0. The van der Waals surface area contributed by atoms with Gasteiger partial charge in [0.15, 0.2) is 17.2 Å². The van der Waals surface area contributed by atoms with Gasteiger partial charge in [0.05, 0.1) is 11.2 Å². The summed E-state index contributed by atoms with van der Waals surface area (Å²) in [5.74, 6) is 1.000. The van der Waals surface area contributed by atoms with Gasteiger partial charge >= 0.3 is 0 Å². The number of rotatable bonds is 3. The fourth-order valence-corrected chi connectivity index (χ4v) is 3.85. The molecule has 31 heavy (non-hydrogen) atoms. The third-order valence-electron chi connectivity index (χ3n) is 5.57. The number of nitrogen functional groups attached to an aromatic ring is 1. The Kier molecular flexibility index (Phi) is 4.23. The molecule has 4 aromatic rings. The summed E-state index contributed by atoms with van der Waals surface area (Å²) < 4.78 is 5.46. The van der Waals surface area contributed by atoms with Crippen molar-refractivity contribution in [2.75, 3.05) is 19.3 Å². The van der Waals surface area contributed by atoms with E-state index in [0.717, 1.165) is 11.1 Å². The first-order chi connectivity index (χ1) is 14.8. The summed E-state index contributed by atoms with van der Waals surface area (Å²) in [6.07, 6.45) is 0.276. The smallest absolute Gasteiger partial charge is 0.260 e. The molecule has 1 aromatic carbocycles. The van der Waals surface area contributed by atoms with Gasteiger partial charge in [0.1, 0.15) is 17.0 Å². The molecule has 9 heteroatoms. The van der Waals surface area contributed by atoms with Crippen molar-refractivity contribution in [3.8, 4) is 22.6 Å². The van der Waals surface area contributed by atoms with E-state index in [4.69, 9.17) is 10.3 Å². The monoisotopic (exact) mass is 416 g/mol. The van der Waals surface area contributed by atoms with Crippen LogP contribution in [0.2, 0.25) is 0 Å². The van der Waals surface area contributed by atoms with E-state index in [-0.39, 0.29) is 18.0 Å². The predicted molar refractivity (Wildman–Crippen MR) is 114 cm³/mol. The Bertz CT molecular complexity index is 1330. The molecule has 0 radical (unpaired) electrons. The number of likely N-dealkylation sites (N-methyl/N-ethyl adjacent to an activating group) is 1. The number of fused-ring (bicyclic) bond motifs is 1. The number of hydrogen-bond acceptors (Lipinski definition) is 8. The van der Waals surface area contributed by atoms with Crippen molar-refractivity contribution in [3.63, 3.8) is 0 Å². The number of carbonyl (C=O) groups is 1. The Labute approximate surface area is 177 Å². The molecular weight excluding hydrogens is 396 g/mol. The van der Waals surface area contributed by atoms with E-state index in [1.54, 1.807) is 20.0 Å². The minimum Gasteiger partial charge on any atom is -0.382 e. The Hall–Kier alpha value is -3.85. The predicted octanol–water partition coefficient (Wildman–Crippen LogP) is 2.29. The number of amides is 1. The largest absolute Gasteiger partial charge is 0.382 e. The summed E-state index contributed by atoms with van der Waals surface area (Å²) in [5.41, 5.74) is 8.11. The number of carbonyl (C=O) groups excluding carboxylic acids is 1. The third-order valence-corrected chi connectivity index (χ3v) is 5.57. The molecule has 1 atom stereocenters. The number of aliphatic hydroxyl groups is 1. The first-order valence-electron chi connectivity index (χ1n) is 9.82. The van der Waals surface area contributed by atoms with Crippen LogP contribution >= 0.6 is 0 Å². The van der Waals surface area contributed by atoms with E-state index < -0.39 is 5.60 Å². The lowest BCUT2D eigenvalue weighted by atomic mass is 9.97. The maximum Gasteiger partial charge on any atom is 0.260 e. The summed E-state index contributed by atoms with van der Waals surface area (Å²) >= 11 is 0. The Morgan fingerprint density at radius 1 is 1.13 bits per heavy atom. The van der Waals surface area contributed by atoms with Crippen LogP contribution in [0.1, 0.15) is 17.9 Å². The van der Waals surface area contributed by atoms with Gasteiger partial charge in [0.25, 0.3) is 5.91 Å². The van der Waals surface area contributed by atoms with Crippen molar-refractivity contribution in [3.05, 3.63) is 54.0 Å². The second kappa shape index (κ2) is 6.85. The number of aryl methyl sites for hydroxylation is 1. The first-order valence-corrected chi connectivity index (χ1v) is 9.82. The summed E-state index contributed by atoms with van der Waals surface area (Å²) in [7, 11) is 1.65. The molecule has 0 spiro atoms. The van der Waals surface area contributed by atoms with E-state index in [2.05, 4.69) is 20.1 Å². The number of benzene rings is 1. The van der Waals surface area contributed by atoms with Gasteiger partial charge in [0.2, 0.25) is 0 Å². The molecule has 1 amide bonds. The highest BCUT2D eigenvalue weighted by molar-refractivity contribution is 5.88. The lowest BCUT2D eigenvalue weighted by molar-refractivity contribution is -0.143. The van der Waals surface area contributed by atoms with Crippen LogP contribution in [0, 0.1) is 6.92 Å². The maximum atomic E-state index is 12.3. The van der Waals surface area contributed by atoms with Crippen molar-refractivity contribution >= 4 is 22.8 Å². The normalized spacial score (nSPS) is 18.8. The zero-order valence-corrected chi connectivity index (χ0v) is 17.0. The highest BCUT2D eigenvalue weighted by Crippen LogP contribution is 2.35. The molecule has 4 heterocycles. The molecule has 3 N–H and O–H groups in total. The Morgan fingerprint density at radius 2 is 1.94 bits per heavy atom. The molecule has 0 unspecified atom stereocenters. The summed E-state index contributed by atoms with van der Waals surface area (Å²) in [6.45, 7) is 2.25. The van der Waals surface area contributed by atoms with Crippen LogP contribution < -0.4 is 5.73 Å². The number of hydrogen-bond donors (Lipinski definition) is 2. The van der Waals surface area contributed by atoms with Crippen molar-refractivity contribution in [2.24, 2.45) is 0 Å². The molecule has 3 aromatic heterocycles. The van der Waals surface area contributed by atoms with Crippen molar-refractivity contribution in [1.82, 2.24) is 25.0 Å². The van der Waals surface area contributed by atoms with Gasteiger partial charge in [0, 0.05) is 37.2 Å². The van der Waals surface area contributed by atoms with E-state index >= 15 is 0 Å². The van der Waals surface area contributed by atoms with Crippen LogP contribution in [0.3, 0.4) is 0 Å². The Morgan fingerprint density at radius 3 is 2.71 bits per heavy atom. The van der Waals surface area contributed by atoms with Crippen LogP contribution in [-0.2, 0) is 10.4 Å². The molecule has 156 valence electrons. The number of likely N-dealkylation sites (tertiary alicyclic amines) is 1. The van der Waals surface area contributed by atoms with E-state index in [1.807, 2.05) is 36.4 Å². The van der Waals surface area contributed by atoms with Gasteiger partial charge in [-0.2, -0.15) is 0 Å². The Balaban J connectivity index is 1.51.